The Balaban J connectivity index is 1.35. The van der Waals surface area contributed by atoms with Crippen molar-refractivity contribution in [2.24, 2.45) is 5.92 Å². The van der Waals surface area contributed by atoms with Gasteiger partial charge in [-0.15, -0.1) is 0 Å². The van der Waals surface area contributed by atoms with Gasteiger partial charge in [-0.1, -0.05) is 18.6 Å². The lowest BCUT2D eigenvalue weighted by molar-refractivity contribution is -0.170. The number of hydrogen-bond acceptors (Lipinski definition) is 7. The fourth-order valence-electron chi connectivity index (χ4n) is 5.34. The Kier molecular flexibility index (Phi) is 7.55. The summed E-state index contributed by atoms with van der Waals surface area (Å²) in [6.07, 6.45) is 5.16. The smallest absolute Gasteiger partial charge is 0.325 e. The molecule has 2 heterocycles. The lowest BCUT2D eigenvalue weighted by atomic mass is 9.68. The number of nitrogens with one attached hydrogen (secondary N) is 1. The van der Waals surface area contributed by atoms with Crippen LogP contribution in [-0.4, -0.2) is 62.4 Å². The summed E-state index contributed by atoms with van der Waals surface area (Å²) < 4.78 is 29.7. The van der Waals surface area contributed by atoms with Gasteiger partial charge in [0.2, 0.25) is 0 Å². The van der Waals surface area contributed by atoms with Crippen molar-refractivity contribution >= 4 is 11.7 Å². The molecule has 7 heteroatoms. The first-order valence-corrected chi connectivity index (χ1v) is 12.5. The van der Waals surface area contributed by atoms with E-state index in [1.54, 1.807) is 7.11 Å². The number of methoxy groups -OCH3 is 1. The number of hydrogen-bond donors (Lipinski definition) is 1. The van der Waals surface area contributed by atoms with E-state index in [-0.39, 0.29) is 47.9 Å². The Hall–Kier alpha value is -2.09. The predicted octanol–water partition coefficient (Wildman–Crippen LogP) is 4.51. The van der Waals surface area contributed by atoms with E-state index in [1.165, 1.54) is 5.57 Å². The molecule has 1 unspecified atom stereocenters. The van der Waals surface area contributed by atoms with Crippen molar-refractivity contribution in [2.45, 2.75) is 82.9 Å². The van der Waals surface area contributed by atoms with E-state index >= 15 is 0 Å². The zero-order valence-electron chi connectivity index (χ0n) is 21.1. The first-order chi connectivity index (χ1) is 16.3. The number of carbonyl (C=O) groups is 1. The maximum absolute atomic E-state index is 12.7. The van der Waals surface area contributed by atoms with Crippen LogP contribution in [0.4, 0.5) is 5.69 Å². The number of ether oxygens (including phenoxy) is 5. The molecule has 6 atom stereocenters. The second-order valence-electron chi connectivity index (χ2n) is 10.1. The monoisotopic (exact) mass is 473 g/mol. The second kappa shape index (κ2) is 10.3. The van der Waals surface area contributed by atoms with Crippen molar-refractivity contribution in [2.75, 3.05) is 32.2 Å². The number of epoxide rings is 2. The van der Waals surface area contributed by atoms with Crippen molar-refractivity contribution < 1.29 is 28.5 Å². The van der Waals surface area contributed by atoms with Crippen LogP contribution in [0.25, 0.3) is 0 Å². The van der Waals surface area contributed by atoms with Gasteiger partial charge in [-0.25, -0.2) is 0 Å². The Labute approximate surface area is 203 Å². The van der Waals surface area contributed by atoms with Crippen molar-refractivity contribution in [3.63, 3.8) is 0 Å². The zero-order chi connectivity index (χ0) is 24.3. The average Bonchev–Trinajstić information content (AvgIpc) is 3.74. The normalized spacial score (nSPS) is 33.8. The highest BCUT2D eigenvalue weighted by atomic mass is 16.6. The number of benzene rings is 1. The number of esters is 1. The summed E-state index contributed by atoms with van der Waals surface area (Å²) in [6.45, 7) is 9.91. The van der Waals surface area contributed by atoms with E-state index in [0.717, 1.165) is 37.1 Å². The Morgan fingerprint density at radius 1 is 1.26 bits per heavy atom. The number of allylic oxidation sites excluding steroid dienone is 1. The zero-order valence-corrected chi connectivity index (χ0v) is 21.1. The summed E-state index contributed by atoms with van der Waals surface area (Å²) in [5.74, 6) is 0.546. The first-order valence-electron chi connectivity index (χ1n) is 12.5. The fourth-order valence-corrected chi connectivity index (χ4v) is 5.34. The Morgan fingerprint density at radius 3 is 2.62 bits per heavy atom. The third kappa shape index (κ3) is 5.42. The molecule has 3 aliphatic rings. The molecule has 188 valence electrons. The SMILES string of the molecule is CCCOc1ccc(NCC(=O)O[C@@H]2CC[C@]3(CO3)[C@@H]([C@@]3(C)OC3CC=C(C)C)[C@@H]2OC)cc1. The number of carbonyl (C=O) groups excluding carboxylic acids is 1. The van der Waals surface area contributed by atoms with Crippen LogP contribution >= 0.6 is 0 Å². The van der Waals surface area contributed by atoms with E-state index in [4.69, 9.17) is 23.7 Å². The van der Waals surface area contributed by atoms with Crippen LogP contribution in [0.2, 0.25) is 0 Å². The van der Waals surface area contributed by atoms with E-state index in [1.807, 2.05) is 24.3 Å². The van der Waals surface area contributed by atoms with Crippen molar-refractivity contribution in [3.05, 3.63) is 35.9 Å². The Morgan fingerprint density at radius 2 is 2.00 bits per heavy atom. The molecule has 7 nitrogen and oxygen atoms in total. The molecular formula is C27H39NO6. The summed E-state index contributed by atoms with van der Waals surface area (Å²) in [7, 11) is 1.69. The van der Waals surface area contributed by atoms with E-state index in [2.05, 4.69) is 39.1 Å². The molecule has 2 aliphatic heterocycles. The third-order valence-electron chi connectivity index (χ3n) is 7.28. The molecule has 3 fully saturated rings. The summed E-state index contributed by atoms with van der Waals surface area (Å²) >= 11 is 0. The van der Waals surface area contributed by atoms with Crippen LogP contribution < -0.4 is 10.1 Å². The van der Waals surface area contributed by atoms with Gasteiger partial charge in [-0.2, -0.15) is 0 Å². The maximum Gasteiger partial charge on any atom is 0.325 e. The maximum atomic E-state index is 12.7. The highest BCUT2D eigenvalue weighted by Crippen LogP contribution is 2.59. The molecule has 0 radical (unpaired) electrons. The van der Waals surface area contributed by atoms with Crippen LogP contribution in [0.15, 0.2) is 35.9 Å². The highest BCUT2D eigenvalue weighted by Gasteiger charge is 2.72. The number of anilines is 1. The molecule has 2 saturated heterocycles. The molecule has 4 rings (SSSR count). The summed E-state index contributed by atoms with van der Waals surface area (Å²) in [5.41, 5.74) is 1.56. The van der Waals surface area contributed by atoms with E-state index < -0.39 is 0 Å². The summed E-state index contributed by atoms with van der Waals surface area (Å²) in [6, 6.07) is 7.60. The summed E-state index contributed by atoms with van der Waals surface area (Å²) in [4.78, 5) is 12.7. The third-order valence-corrected chi connectivity index (χ3v) is 7.28. The predicted molar refractivity (Wildman–Crippen MR) is 130 cm³/mol. The Bertz CT molecular complexity index is 876. The molecule has 1 aromatic carbocycles. The molecule has 1 saturated carbocycles. The van der Waals surface area contributed by atoms with Crippen molar-refractivity contribution in [1.29, 1.82) is 0 Å². The molecule has 34 heavy (non-hydrogen) atoms. The van der Waals surface area contributed by atoms with Crippen LogP contribution in [0, 0.1) is 5.92 Å². The topological polar surface area (TPSA) is 81.9 Å². The summed E-state index contributed by atoms with van der Waals surface area (Å²) in [5, 5.41) is 3.14. The van der Waals surface area contributed by atoms with Crippen LogP contribution in [0.5, 0.6) is 5.75 Å². The largest absolute Gasteiger partial charge is 0.494 e. The standard InChI is InChI=1S/C27H39NO6/c1-6-15-31-20-10-8-19(9-11-20)28-16-23(29)33-21-13-14-27(17-32-27)25(24(21)30-5)26(4)22(34-26)12-7-18(2)3/h7-11,21-22,24-25,28H,6,12-17H2,1-5H3/t21-,22?,24-,25-,26+,27+/m1/s1. The van der Waals surface area contributed by atoms with E-state index in [0.29, 0.717) is 13.2 Å². The molecule has 1 spiro atoms. The van der Waals surface area contributed by atoms with Crippen LogP contribution in [0.1, 0.15) is 53.4 Å². The van der Waals surface area contributed by atoms with Gasteiger partial charge in [-0.05, 0) is 70.7 Å². The molecule has 1 N–H and O–H groups in total. The van der Waals surface area contributed by atoms with Crippen molar-refractivity contribution in [3.8, 4) is 5.75 Å². The molecule has 0 bridgehead atoms. The highest BCUT2D eigenvalue weighted by molar-refractivity contribution is 5.75. The molecule has 0 amide bonds. The fraction of sp³-hybridized carbons (Fsp3) is 0.667. The van der Waals surface area contributed by atoms with Gasteiger partial charge in [0.1, 0.15) is 35.7 Å². The van der Waals surface area contributed by atoms with Gasteiger partial charge in [0.25, 0.3) is 0 Å². The van der Waals surface area contributed by atoms with Gasteiger partial charge < -0.3 is 29.0 Å². The van der Waals surface area contributed by atoms with Gasteiger partial charge in [0.05, 0.1) is 25.2 Å². The van der Waals surface area contributed by atoms with Crippen LogP contribution in [-0.2, 0) is 23.7 Å². The minimum absolute atomic E-state index is 0.0238. The van der Waals surface area contributed by atoms with Crippen LogP contribution in [0.3, 0.4) is 0 Å². The average molecular weight is 474 g/mol. The molecule has 0 aromatic heterocycles. The first kappa shape index (κ1) is 25.0. The van der Waals surface area contributed by atoms with Crippen molar-refractivity contribution in [1.82, 2.24) is 0 Å². The second-order valence-corrected chi connectivity index (χ2v) is 10.1. The molecule has 1 aliphatic carbocycles. The lowest BCUT2D eigenvalue weighted by Gasteiger charge is -2.42. The minimum atomic E-state index is -0.339. The molecule has 1 aromatic rings. The van der Waals surface area contributed by atoms with Gasteiger partial charge >= 0.3 is 5.97 Å². The quantitative estimate of drug-likeness (QED) is 0.288. The number of rotatable bonds is 11. The minimum Gasteiger partial charge on any atom is -0.494 e. The van der Waals surface area contributed by atoms with Gasteiger partial charge in [0.15, 0.2) is 0 Å². The van der Waals surface area contributed by atoms with Gasteiger partial charge in [0, 0.05) is 12.8 Å². The van der Waals surface area contributed by atoms with E-state index in [9.17, 15) is 4.79 Å². The molecular weight excluding hydrogens is 434 g/mol. The van der Waals surface area contributed by atoms with Gasteiger partial charge in [-0.3, -0.25) is 4.79 Å². The lowest BCUT2D eigenvalue weighted by Crippen LogP contribution is -2.55.